The van der Waals surface area contributed by atoms with Gasteiger partial charge in [-0.1, -0.05) is 18.2 Å². The van der Waals surface area contributed by atoms with Crippen LogP contribution in [0.3, 0.4) is 0 Å². The zero-order valence-electron chi connectivity index (χ0n) is 15.2. The van der Waals surface area contributed by atoms with E-state index in [1.54, 1.807) is 0 Å². The Bertz CT molecular complexity index is 660. The summed E-state index contributed by atoms with van der Waals surface area (Å²) in [6, 6.07) is 9.30. The number of fused-ring (bicyclic) bond motifs is 1. The predicted molar refractivity (Wildman–Crippen MR) is 94.3 cm³/mol. The Morgan fingerprint density at radius 3 is 2.48 bits per heavy atom. The Morgan fingerprint density at radius 1 is 1.24 bits per heavy atom. The van der Waals surface area contributed by atoms with Crippen LogP contribution in [0.25, 0.3) is 0 Å². The highest BCUT2D eigenvalue weighted by Crippen LogP contribution is 2.61. The van der Waals surface area contributed by atoms with Gasteiger partial charge in [0, 0.05) is 17.6 Å². The monoisotopic (exact) mass is 346 g/mol. The summed E-state index contributed by atoms with van der Waals surface area (Å²) in [5.41, 5.74) is -0.467. The van der Waals surface area contributed by atoms with Crippen LogP contribution in [0.5, 0.6) is 0 Å². The van der Waals surface area contributed by atoms with Crippen molar-refractivity contribution in [1.29, 1.82) is 0 Å². The van der Waals surface area contributed by atoms with Crippen molar-refractivity contribution in [3.05, 3.63) is 30.3 Å². The highest BCUT2D eigenvalue weighted by Gasteiger charge is 2.67. The number of carbonyl (C=O) groups excluding carboxylic acids is 2. The van der Waals surface area contributed by atoms with Crippen molar-refractivity contribution in [3.63, 3.8) is 0 Å². The zero-order chi connectivity index (χ0) is 18.3. The van der Waals surface area contributed by atoms with Gasteiger partial charge in [0.15, 0.2) is 0 Å². The summed E-state index contributed by atoms with van der Waals surface area (Å²) in [7, 11) is 0. The van der Waals surface area contributed by atoms with E-state index in [4.69, 9.17) is 9.47 Å². The molecule has 25 heavy (non-hydrogen) atoms. The molecule has 6 heteroatoms. The fourth-order valence-corrected chi connectivity index (χ4v) is 3.96. The second-order valence-corrected chi connectivity index (χ2v) is 8.37. The topological polar surface area (TPSA) is 76.7 Å². The second kappa shape index (κ2) is 6.02. The molecule has 2 aliphatic heterocycles. The SMILES string of the molecule is CC(C)(C)OC(=O)NCC12CC(C)(C1)OC2C(=O)Nc1ccccc1. The second-order valence-electron chi connectivity index (χ2n) is 8.37. The molecule has 3 fully saturated rings. The maximum atomic E-state index is 12.7. The molecule has 4 rings (SSSR count). The number of amides is 2. The standard InChI is InChI=1S/C19H26N2O4/c1-17(2,3)25-16(23)20-12-19-10-18(4,11-19)24-14(19)15(22)21-13-8-6-5-7-9-13/h5-9,14H,10-12H2,1-4H3,(H,20,23)(H,21,22). The summed E-state index contributed by atoms with van der Waals surface area (Å²) >= 11 is 0. The largest absolute Gasteiger partial charge is 0.444 e. The number of rotatable bonds is 4. The van der Waals surface area contributed by atoms with Crippen molar-refractivity contribution in [2.45, 2.75) is 57.8 Å². The number of hydrogen-bond donors (Lipinski definition) is 2. The lowest BCUT2D eigenvalue weighted by atomic mass is 9.60. The van der Waals surface area contributed by atoms with Gasteiger partial charge in [-0.2, -0.15) is 0 Å². The van der Waals surface area contributed by atoms with Crippen molar-refractivity contribution in [1.82, 2.24) is 5.32 Å². The first kappa shape index (κ1) is 17.7. The van der Waals surface area contributed by atoms with E-state index in [1.165, 1.54) is 0 Å². The highest BCUT2D eigenvalue weighted by molar-refractivity contribution is 5.95. The first-order valence-corrected chi connectivity index (χ1v) is 8.62. The molecule has 1 atom stereocenters. The smallest absolute Gasteiger partial charge is 0.407 e. The lowest BCUT2D eigenvalue weighted by Crippen LogP contribution is -2.53. The minimum atomic E-state index is -0.576. The number of ether oxygens (including phenoxy) is 2. The van der Waals surface area contributed by atoms with Crippen LogP contribution in [-0.2, 0) is 14.3 Å². The maximum Gasteiger partial charge on any atom is 0.407 e. The fourth-order valence-electron chi connectivity index (χ4n) is 3.96. The number of carbonyl (C=O) groups is 2. The molecule has 3 aliphatic rings. The number of nitrogens with one attached hydrogen (secondary N) is 2. The molecule has 0 radical (unpaired) electrons. The molecule has 6 nitrogen and oxygen atoms in total. The van der Waals surface area contributed by atoms with Crippen molar-refractivity contribution >= 4 is 17.7 Å². The van der Waals surface area contributed by atoms with Crippen LogP contribution in [0, 0.1) is 5.41 Å². The van der Waals surface area contributed by atoms with Gasteiger partial charge in [-0.25, -0.2) is 4.79 Å². The third-order valence-corrected chi connectivity index (χ3v) is 4.67. The first-order chi connectivity index (χ1) is 11.6. The lowest BCUT2D eigenvalue weighted by Gasteiger charge is -2.43. The van der Waals surface area contributed by atoms with Crippen LogP contribution in [0.2, 0.25) is 0 Å². The van der Waals surface area contributed by atoms with Gasteiger partial charge in [0.2, 0.25) is 0 Å². The molecule has 2 saturated heterocycles. The molecule has 1 aromatic carbocycles. The van der Waals surface area contributed by atoms with Crippen molar-refractivity contribution < 1.29 is 19.1 Å². The Morgan fingerprint density at radius 2 is 1.88 bits per heavy atom. The summed E-state index contributed by atoms with van der Waals surface area (Å²) < 4.78 is 11.3. The molecular formula is C19H26N2O4. The quantitative estimate of drug-likeness (QED) is 0.878. The van der Waals surface area contributed by atoms with Crippen LogP contribution in [0.15, 0.2) is 30.3 Å². The van der Waals surface area contributed by atoms with E-state index in [9.17, 15) is 9.59 Å². The molecule has 1 saturated carbocycles. The van der Waals surface area contributed by atoms with E-state index in [0.29, 0.717) is 6.54 Å². The molecule has 1 unspecified atom stereocenters. The minimum Gasteiger partial charge on any atom is -0.444 e. The lowest BCUT2D eigenvalue weighted by molar-refractivity contribution is -0.128. The number of alkyl carbamates (subject to hydrolysis) is 1. The molecular weight excluding hydrogens is 320 g/mol. The maximum absolute atomic E-state index is 12.7. The van der Waals surface area contributed by atoms with Gasteiger partial charge in [0.25, 0.3) is 5.91 Å². The third-order valence-electron chi connectivity index (χ3n) is 4.67. The van der Waals surface area contributed by atoms with Crippen LogP contribution in [0.4, 0.5) is 10.5 Å². The van der Waals surface area contributed by atoms with Gasteiger partial charge in [-0.15, -0.1) is 0 Å². The summed E-state index contributed by atoms with van der Waals surface area (Å²) in [5, 5.41) is 5.71. The Labute approximate surface area is 148 Å². The van der Waals surface area contributed by atoms with Gasteiger partial charge in [0.1, 0.15) is 11.7 Å². The Balaban J connectivity index is 1.63. The van der Waals surface area contributed by atoms with E-state index in [2.05, 4.69) is 10.6 Å². The summed E-state index contributed by atoms with van der Waals surface area (Å²) in [6.07, 6.45) is 0.461. The predicted octanol–water partition coefficient (Wildman–Crippen LogP) is 3.09. The van der Waals surface area contributed by atoms with E-state index >= 15 is 0 Å². The summed E-state index contributed by atoms with van der Waals surface area (Å²) in [4.78, 5) is 24.6. The Hall–Kier alpha value is -2.08. The average Bonchev–Trinajstić information content (AvgIpc) is 2.93. The molecule has 0 aromatic heterocycles. The van der Waals surface area contributed by atoms with E-state index in [1.807, 2.05) is 58.0 Å². The summed E-state index contributed by atoms with van der Waals surface area (Å²) in [6.45, 7) is 7.83. The molecule has 2 heterocycles. The van der Waals surface area contributed by atoms with Crippen LogP contribution in [-0.4, -0.2) is 35.9 Å². The molecule has 2 bridgehead atoms. The van der Waals surface area contributed by atoms with Crippen LogP contribution >= 0.6 is 0 Å². The first-order valence-electron chi connectivity index (χ1n) is 8.62. The molecule has 1 aliphatic carbocycles. The zero-order valence-corrected chi connectivity index (χ0v) is 15.2. The molecule has 0 spiro atoms. The van der Waals surface area contributed by atoms with E-state index < -0.39 is 17.8 Å². The summed E-state index contributed by atoms with van der Waals surface area (Å²) in [5.74, 6) is -0.168. The van der Waals surface area contributed by atoms with E-state index in [0.717, 1.165) is 18.5 Å². The molecule has 1 aromatic rings. The minimum absolute atomic E-state index is 0.168. The fraction of sp³-hybridized carbons (Fsp3) is 0.579. The van der Waals surface area contributed by atoms with Crippen LogP contribution in [0.1, 0.15) is 40.5 Å². The normalized spacial score (nSPS) is 30.3. The highest BCUT2D eigenvalue weighted by atomic mass is 16.6. The van der Waals surface area contributed by atoms with Crippen molar-refractivity contribution in [2.75, 3.05) is 11.9 Å². The van der Waals surface area contributed by atoms with Gasteiger partial charge in [-0.3, -0.25) is 4.79 Å². The number of benzene rings is 1. The van der Waals surface area contributed by atoms with Gasteiger partial charge < -0.3 is 20.1 Å². The Kier molecular flexibility index (Phi) is 4.27. The van der Waals surface area contributed by atoms with Crippen molar-refractivity contribution in [2.24, 2.45) is 5.41 Å². The van der Waals surface area contributed by atoms with Gasteiger partial charge >= 0.3 is 6.09 Å². The average molecular weight is 346 g/mol. The van der Waals surface area contributed by atoms with Crippen molar-refractivity contribution in [3.8, 4) is 0 Å². The number of hydrogen-bond acceptors (Lipinski definition) is 4. The van der Waals surface area contributed by atoms with Crippen LogP contribution < -0.4 is 10.6 Å². The van der Waals surface area contributed by atoms with E-state index in [-0.39, 0.29) is 16.9 Å². The number of anilines is 1. The number of para-hydroxylation sites is 1. The molecule has 2 N–H and O–H groups in total. The van der Waals surface area contributed by atoms with Gasteiger partial charge in [-0.05, 0) is 52.7 Å². The van der Waals surface area contributed by atoms with Gasteiger partial charge in [0.05, 0.1) is 5.60 Å². The third kappa shape index (κ3) is 3.79. The molecule has 2 amide bonds. The molecule has 136 valence electrons.